The van der Waals surface area contributed by atoms with Crippen molar-refractivity contribution < 1.29 is 22.7 Å². The van der Waals surface area contributed by atoms with Crippen molar-refractivity contribution >= 4 is 50.7 Å². The number of hydrogen-bond acceptors (Lipinski definition) is 5. The largest absolute Gasteiger partial charge is 0.492 e. The van der Waals surface area contributed by atoms with Crippen LogP contribution in [0.2, 0.25) is 10.0 Å². The Morgan fingerprint density at radius 1 is 0.929 bits per heavy atom. The van der Waals surface area contributed by atoms with Crippen LogP contribution in [-0.4, -0.2) is 50.9 Å². The summed E-state index contributed by atoms with van der Waals surface area (Å²) < 4.78 is 35.0. The average Bonchev–Trinajstić information content (AvgIpc) is 2.96. The van der Waals surface area contributed by atoms with Gasteiger partial charge in [0.05, 0.1) is 17.2 Å². The number of carbonyl (C=O) groups is 2. The minimum atomic E-state index is -4.24. The third-order valence-corrected chi connectivity index (χ3v) is 9.13. The van der Waals surface area contributed by atoms with E-state index >= 15 is 0 Å². The summed E-state index contributed by atoms with van der Waals surface area (Å²) in [4.78, 5) is 28.9. The number of benzene rings is 3. The Labute approximate surface area is 258 Å². The van der Waals surface area contributed by atoms with Crippen LogP contribution in [0, 0.1) is 6.92 Å². The van der Waals surface area contributed by atoms with E-state index in [1.165, 1.54) is 17.0 Å². The van der Waals surface area contributed by atoms with Crippen LogP contribution in [-0.2, 0) is 26.2 Å². The van der Waals surface area contributed by atoms with Crippen LogP contribution in [0.5, 0.6) is 5.75 Å². The maximum atomic E-state index is 14.2. The van der Waals surface area contributed by atoms with Gasteiger partial charge < -0.3 is 15.0 Å². The number of rotatable bonds is 14. The van der Waals surface area contributed by atoms with E-state index in [-0.39, 0.29) is 36.1 Å². The fraction of sp³-hybridized carbons (Fsp3) is 0.355. The summed E-state index contributed by atoms with van der Waals surface area (Å²) >= 11 is 12.9. The number of nitrogens with one attached hydrogen (secondary N) is 1. The fourth-order valence-corrected chi connectivity index (χ4v) is 6.37. The van der Waals surface area contributed by atoms with Crippen LogP contribution in [0.25, 0.3) is 0 Å². The molecule has 0 fully saturated rings. The predicted molar refractivity (Wildman–Crippen MR) is 168 cm³/mol. The van der Waals surface area contributed by atoms with E-state index in [0.29, 0.717) is 34.3 Å². The van der Waals surface area contributed by atoms with Crippen molar-refractivity contribution in [1.82, 2.24) is 10.2 Å². The molecule has 0 spiro atoms. The number of anilines is 1. The molecule has 3 rings (SSSR count). The zero-order valence-electron chi connectivity index (χ0n) is 24.3. The molecule has 0 aliphatic carbocycles. The molecular formula is C31H37Cl2N3O5S. The Kier molecular flexibility index (Phi) is 12.1. The van der Waals surface area contributed by atoms with Crippen molar-refractivity contribution in [3.63, 3.8) is 0 Å². The van der Waals surface area contributed by atoms with Crippen LogP contribution in [0.4, 0.5) is 5.69 Å². The van der Waals surface area contributed by atoms with Gasteiger partial charge in [0.1, 0.15) is 18.3 Å². The molecule has 11 heteroatoms. The molecule has 226 valence electrons. The molecule has 0 aliphatic heterocycles. The lowest BCUT2D eigenvalue weighted by Gasteiger charge is -2.34. The highest BCUT2D eigenvalue weighted by Gasteiger charge is 2.35. The van der Waals surface area contributed by atoms with E-state index in [9.17, 15) is 18.0 Å². The number of amides is 2. The van der Waals surface area contributed by atoms with Crippen LogP contribution < -0.4 is 14.4 Å². The first-order valence-corrected chi connectivity index (χ1v) is 16.1. The summed E-state index contributed by atoms with van der Waals surface area (Å²) in [5.41, 5.74) is 1.55. The molecule has 0 radical (unpaired) electrons. The molecule has 0 saturated carbocycles. The molecule has 0 heterocycles. The summed E-state index contributed by atoms with van der Waals surface area (Å²) in [6, 6.07) is 17.1. The SMILES string of the molecule is CCCNC(=O)[C@H](CC)N(Cc1c(Cl)cccc1Cl)C(=O)CN(c1ccccc1OCC)S(=O)(=O)c1ccc(C)cc1. The fourth-order valence-electron chi connectivity index (χ4n) is 4.43. The third kappa shape index (κ3) is 7.96. The summed E-state index contributed by atoms with van der Waals surface area (Å²) in [6.45, 7) is 7.38. The monoisotopic (exact) mass is 633 g/mol. The molecular weight excluding hydrogens is 597 g/mol. The standard InChI is InChI=1S/C31H37Cl2N3O5S/c1-5-19-34-31(38)27(6-2)35(20-24-25(32)11-10-12-26(24)33)30(37)21-36(28-13-8-9-14-29(28)41-7-3)42(39,40)23-17-15-22(4)16-18-23/h8-18,27H,5-7,19-21H2,1-4H3,(H,34,38)/t27-/m0/s1. The van der Waals surface area contributed by atoms with Gasteiger partial charge in [-0.15, -0.1) is 0 Å². The maximum Gasteiger partial charge on any atom is 0.264 e. The molecule has 3 aromatic carbocycles. The van der Waals surface area contributed by atoms with Gasteiger partial charge in [0, 0.05) is 28.7 Å². The van der Waals surface area contributed by atoms with E-state index in [1.54, 1.807) is 68.4 Å². The zero-order chi connectivity index (χ0) is 30.9. The van der Waals surface area contributed by atoms with Crippen molar-refractivity contribution in [3.05, 3.63) is 87.9 Å². The number of halogens is 2. The highest BCUT2D eigenvalue weighted by molar-refractivity contribution is 7.92. The lowest BCUT2D eigenvalue weighted by atomic mass is 10.1. The van der Waals surface area contributed by atoms with Gasteiger partial charge in [-0.25, -0.2) is 8.42 Å². The van der Waals surface area contributed by atoms with Crippen molar-refractivity contribution in [2.45, 2.75) is 58.0 Å². The van der Waals surface area contributed by atoms with E-state index in [1.807, 2.05) is 13.8 Å². The molecule has 1 N–H and O–H groups in total. The molecule has 2 amide bonds. The van der Waals surface area contributed by atoms with Crippen molar-refractivity contribution in [3.8, 4) is 5.75 Å². The van der Waals surface area contributed by atoms with E-state index < -0.39 is 28.5 Å². The molecule has 0 bridgehead atoms. The summed E-state index contributed by atoms with van der Waals surface area (Å²) in [5, 5.41) is 3.51. The molecule has 8 nitrogen and oxygen atoms in total. The van der Waals surface area contributed by atoms with Crippen LogP contribution in [0.3, 0.4) is 0 Å². The summed E-state index contributed by atoms with van der Waals surface area (Å²) in [7, 11) is -4.24. The zero-order valence-corrected chi connectivity index (χ0v) is 26.6. The van der Waals surface area contributed by atoms with Crippen LogP contribution >= 0.6 is 23.2 Å². The summed E-state index contributed by atoms with van der Waals surface area (Å²) in [6.07, 6.45) is 0.993. The molecule has 0 aliphatic rings. The quantitative estimate of drug-likeness (QED) is 0.227. The second-order valence-electron chi connectivity index (χ2n) is 9.66. The van der Waals surface area contributed by atoms with Crippen molar-refractivity contribution in [1.29, 1.82) is 0 Å². The minimum absolute atomic E-state index is 0.0145. The van der Waals surface area contributed by atoms with Gasteiger partial charge in [0.15, 0.2) is 0 Å². The van der Waals surface area contributed by atoms with E-state index in [4.69, 9.17) is 27.9 Å². The first kappa shape index (κ1) is 33.2. The number of aryl methyl sites for hydroxylation is 1. The Morgan fingerprint density at radius 3 is 2.17 bits per heavy atom. The van der Waals surface area contributed by atoms with Gasteiger partial charge >= 0.3 is 0 Å². The van der Waals surface area contributed by atoms with Gasteiger partial charge in [0.25, 0.3) is 10.0 Å². The number of hydrogen-bond donors (Lipinski definition) is 1. The van der Waals surface area contributed by atoms with Crippen molar-refractivity contribution in [2.24, 2.45) is 0 Å². The molecule has 3 aromatic rings. The topological polar surface area (TPSA) is 96.0 Å². The predicted octanol–water partition coefficient (Wildman–Crippen LogP) is 6.23. The van der Waals surface area contributed by atoms with Gasteiger partial charge in [-0.3, -0.25) is 13.9 Å². The van der Waals surface area contributed by atoms with Crippen LogP contribution in [0.15, 0.2) is 71.6 Å². The van der Waals surface area contributed by atoms with Gasteiger partial charge in [-0.1, -0.05) is 72.9 Å². The maximum absolute atomic E-state index is 14.2. The first-order valence-electron chi connectivity index (χ1n) is 13.9. The third-order valence-electron chi connectivity index (χ3n) is 6.65. The van der Waals surface area contributed by atoms with Crippen LogP contribution in [0.1, 0.15) is 44.7 Å². The van der Waals surface area contributed by atoms with Gasteiger partial charge in [-0.2, -0.15) is 0 Å². The molecule has 42 heavy (non-hydrogen) atoms. The average molecular weight is 635 g/mol. The Bertz CT molecular complexity index is 1460. The normalized spacial score (nSPS) is 12.0. The highest BCUT2D eigenvalue weighted by atomic mass is 35.5. The molecule has 0 unspecified atom stereocenters. The number of ether oxygens (including phenoxy) is 1. The van der Waals surface area contributed by atoms with E-state index in [2.05, 4.69) is 5.32 Å². The number of carbonyl (C=O) groups excluding carboxylic acids is 2. The Balaban J connectivity index is 2.14. The first-order chi connectivity index (χ1) is 20.0. The number of para-hydroxylation sites is 2. The number of nitrogens with zero attached hydrogens (tertiary/aromatic N) is 2. The molecule has 0 saturated heterocycles. The van der Waals surface area contributed by atoms with Gasteiger partial charge in [0.2, 0.25) is 11.8 Å². The second-order valence-corrected chi connectivity index (χ2v) is 12.3. The smallest absolute Gasteiger partial charge is 0.264 e. The lowest BCUT2D eigenvalue weighted by molar-refractivity contribution is -0.140. The number of sulfonamides is 1. The Hall–Kier alpha value is -3.27. The summed E-state index contributed by atoms with van der Waals surface area (Å²) in [5.74, 6) is -0.651. The second kappa shape index (κ2) is 15.3. The minimum Gasteiger partial charge on any atom is -0.492 e. The molecule has 0 aromatic heterocycles. The lowest BCUT2D eigenvalue weighted by Crippen LogP contribution is -2.52. The highest BCUT2D eigenvalue weighted by Crippen LogP contribution is 2.33. The van der Waals surface area contributed by atoms with Gasteiger partial charge in [-0.05, 0) is 63.1 Å². The van der Waals surface area contributed by atoms with E-state index in [0.717, 1.165) is 9.87 Å². The Morgan fingerprint density at radius 2 is 1.57 bits per heavy atom. The van der Waals surface area contributed by atoms with Crippen molar-refractivity contribution in [2.75, 3.05) is 24.0 Å². The molecule has 1 atom stereocenters.